The third kappa shape index (κ3) is 2.00. The first-order chi connectivity index (χ1) is 10.4. The van der Waals surface area contributed by atoms with Gasteiger partial charge in [-0.2, -0.15) is 0 Å². The number of carbonyl (C=O) groups is 3. The Bertz CT molecular complexity index is 797. The average molecular weight is 297 g/mol. The Labute approximate surface area is 126 Å². The number of nitrogens with one attached hydrogen (secondary N) is 1. The lowest BCUT2D eigenvalue weighted by Gasteiger charge is -2.23. The van der Waals surface area contributed by atoms with Crippen LogP contribution in [0.25, 0.3) is 10.8 Å². The van der Waals surface area contributed by atoms with Crippen LogP contribution in [0.1, 0.15) is 12.5 Å². The zero-order chi connectivity index (χ0) is 15.9. The van der Waals surface area contributed by atoms with Gasteiger partial charge in [-0.25, -0.2) is 4.79 Å². The van der Waals surface area contributed by atoms with E-state index in [4.69, 9.17) is 5.73 Å². The standard InChI is InChI=1S/C16H15N3O3/c1-16(14(21)19(9-13(17)20)15(22)18-16)12-8-4-6-10-5-2-3-7-11(10)12/h2-8H,9H2,1H3,(H2,17,20)(H,18,22)/t16-/m0/s1. The van der Waals surface area contributed by atoms with E-state index >= 15 is 0 Å². The van der Waals surface area contributed by atoms with Crippen molar-refractivity contribution < 1.29 is 14.4 Å². The van der Waals surface area contributed by atoms with Gasteiger partial charge in [0.15, 0.2) is 0 Å². The van der Waals surface area contributed by atoms with Gasteiger partial charge < -0.3 is 11.1 Å². The van der Waals surface area contributed by atoms with E-state index < -0.39 is 29.9 Å². The number of nitrogens with zero attached hydrogens (tertiary/aromatic N) is 1. The molecule has 6 nitrogen and oxygen atoms in total. The number of imide groups is 1. The van der Waals surface area contributed by atoms with Gasteiger partial charge in [-0.05, 0) is 23.3 Å². The molecule has 0 radical (unpaired) electrons. The Hall–Kier alpha value is -2.89. The van der Waals surface area contributed by atoms with Gasteiger partial charge in [0, 0.05) is 0 Å². The van der Waals surface area contributed by atoms with Gasteiger partial charge in [-0.15, -0.1) is 0 Å². The Morgan fingerprint density at radius 2 is 1.86 bits per heavy atom. The molecule has 0 saturated carbocycles. The van der Waals surface area contributed by atoms with Gasteiger partial charge in [0.25, 0.3) is 5.91 Å². The summed E-state index contributed by atoms with van der Waals surface area (Å²) in [6.45, 7) is 1.21. The first kappa shape index (κ1) is 14.1. The van der Waals surface area contributed by atoms with Crippen molar-refractivity contribution in [2.45, 2.75) is 12.5 Å². The molecular weight excluding hydrogens is 282 g/mol. The van der Waals surface area contributed by atoms with E-state index in [2.05, 4.69) is 5.32 Å². The minimum atomic E-state index is -1.21. The number of hydrogen-bond donors (Lipinski definition) is 2. The number of benzene rings is 2. The SMILES string of the molecule is C[C@@]1(c2cccc3ccccc23)NC(=O)N(CC(N)=O)C1=O. The summed E-state index contributed by atoms with van der Waals surface area (Å²) in [4.78, 5) is 36.6. The Morgan fingerprint density at radius 3 is 2.59 bits per heavy atom. The molecule has 22 heavy (non-hydrogen) atoms. The number of hydrogen-bond acceptors (Lipinski definition) is 3. The normalized spacial score (nSPS) is 21.2. The molecule has 1 saturated heterocycles. The smallest absolute Gasteiger partial charge is 0.325 e. The van der Waals surface area contributed by atoms with E-state index in [0.29, 0.717) is 5.56 Å². The highest BCUT2D eigenvalue weighted by Crippen LogP contribution is 2.33. The van der Waals surface area contributed by atoms with Crippen LogP contribution in [0, 0.1) is 0 Å². The van der Waals surface area contributed by atoms with Crippen molar-refractivity contribution in [1.82, 2.24) is 10.2 Å². The summed E-state index contributed by atoms with van der Waals surface area (Å²) in [6, 6.07) is 12.6. The molecule has 1 aliphatic rings. The van der Waals surface area contributed by atoms with E-state index in [1.54, 1.807) is 13.0 Å². The topological polar surface area (TPSA) is 92.5 Å². The fourth-order valence-electron chi connectivity index (χ4n) is 2.84. The molecule has 0 aromatic heterocycles. The second kappa shape index (κ2) is 4.84. The average Bonchev–Trinajstić information content (AvgIpc) is 2.70. The lowest BCUT2D eigenvalue weighted by molar-refractivity contribution is -0.134. The molecule has 1 atom stereocenters. The predicted octanol–water partition coefficient (Wildman–Crippen LogP) is 1.09. The first-order valence-electron chi connectivity index (χ1n) is 6.84. The van der Waals surface area contributed by atoms with E-state index in [1.165, 1.54) is 0 Å². The van der Waals surface area contributed by atoms with Crippen molar-refractivity contribution in [3.63, 3.8) is 0 Å². The number of primary amides is 1. The zero-order valence-corrected chi connectivity index (χ0v) is 12.0. The third-order valence-corrected chi connectivity index (χ3v) is 3.92. The fraction of sp³-hybridized carbons (Fsp3) is 0.188. The molecule has 6 heteroatoms. The fourth-order valence-corrected chi connectivity index (χ4v) is 2.84. The van der Waals surface area contributed by atoms with Crippen LogP contribution in [-0.4, -0.2) is 29.3 Å². The van der Waals surface area contributed by atoms with E-state index in [1.807, 2.05) is 36.4 Å². The van der Waals surface area contributed by atoms with Crippen LogP contribution in [0.2, 0.25) is 0 Å². The second-order valence-corrected chi connectivity index (χ2v) is 5.44. The molecule has 0 unspecified atom stereocenters. The van der Waals surface area contributed by atoms with Gasteiger partial charge in [0.1, 0.15) is 12.1 Å². The van der Waals surface area contributed by atoms with Crippen LogP contribution in [-0.2, 0) is 15.1 Å². The first-order valence-corrected chi connectivity index (χ1v) is 6.84. The van der Waals surface area contributed by atoms with Gasteiger partial charge >= 0.3 is 6.03 Å². The molecule has 3 N–H and O–H groups in total. The monoisotopic (exact) mass is 297 g/mol. The highest BCUT2D eigenvalue weighted by atomic mass is 16.2. The largest absolute Gasteiger partial charge is 0.368 e. The van der Waals surface area contributed by atoms with Crippen LogP contribution >= 0.6 is 0 Å². The van der Waals surface area contributed by atoms with Crippen molar-refractivity contribution in [3.8, 4) is 0 Å². The molecule has 1 fully saturated rings. The summed E-state index contributed by atoms with van der Waals surface area (Å²) in [6.07, 6.45) is 0. The minimum Gasteiger partial charge on any atom is -0.368 e. The number of carbonyl (C=O) groups excluding carboxylic acids is 3. The highest BCUT2D eigenvalue weighted by Gasteiger charge is 2.49. The van der Waals surface area contributed by atoms with Crippen LogP contribution in [0.5, 0.6) is 0 Å². The Kier molecular flexibility index (Phi) is 3.09. The van der Waals surface area contributed by atoms with Crippen LogP contribution in [0.15, 0.2) is 42.5 Å². The summed E-state index contributed by atoms with van der Waals surface area (Å²) in [5.74, 6) is -1.21. The van der Waals surface area contributed by atoms with Crippen LogP contribution in [0.4, 0.5) is 4.79 Å². The second-order valence-electron chi connectivity index (χ2n) is 5.44. The summed E-state index contributed by atoms with van der Waals surface area (Å²) in [5, 5.41) is 4.52. The van der Waals surface area contributed by atoms with Gasteiger partial charge in [0.2, 0.25) is 5.91 Å². The summed E-state index contributed by atoms with van der Waals surface area (Å²) in [5.41, 5.74) is 4.58. The van der Waals surface area contributed by atoms with E-state index in [0.717, 1.165) is 15.7 Å². The molecule has 3 rings (SSSR count). The van der Waals surface area contributed by atoms with Gasteiger partial charge in [0.05, 0.1) is 0 Å². The lowest BCUT2D eigenvalue weighted by atomic mass is 9.88. The maximum absolute atomic E-state index is 12.7. The zero-order valence-electron chi connectivity index (χ0n) is 12.0. The molecule has 0 aliphatic carbocycles. The van der Waals surface area contributed by atoms with Crippen LogP contribution < -0.4 is 11.1 Å². The number of urea groups is 1. The molecular formula is C16H15N3O3. The summed E-state index contributed by atoms with van der Waals surface area (Å²) >= 11 is 0. The number of fused-ring (bicyclic) bond motifs is 1. The molecule has 1 aliphatic heterocycles. The van der Waals surface area contributed by atoms with Crippen molar-refractivity contribution >= 4 is 28.6 Å². The Balaban J connectivity index is 2.12. The number of nitrogens with two attached hydrogens (primary N) is 1. The molecule has 1 heterocycles. The molecule has 4 amide bonds. The highest BCUT2D eigenvalue weighted by molar-refractivity contribution is 6.10. The molecule has 0 spiro atoms. The van der Waals surface area contributed by atoms with Crippen LogP contribution in [0.3, 0.4) is 0 Å². The lowest BCUT2D eigenvalue weighted by Crippen LogP contribution is -2.42. The molecule has 2 aromatic rings. The quantitative estimate of drug-likeness (QED) is 0.831. The van der Waals surface area contributed by atoms with Crippen molar-refractivity contribution in [3.05, 3.63) is 48.0 Å². The predicted molar refractivity (Wildman–Crippen MR) is 80.7 cm³/mol. The number of amides is 4. The van der Waals surface area contributed by atoms with Gasteiger partial charge in [-0.1, -0.05) is 42.5 Å². The third-order valence-electron chi connectivity index (χ3n) is 3.92. The summed E-state index contributed by atoms with van der Waals surface area (Å²) in [7, 11) is 0. The van der Waals surface area contributed by atoms with E-state index in [-0.39, 0.29) is 0 Å². The molecule has 0 bridgehead atoms. The number of rotatable bonds is 3. The maximum Gasteiger partial charge on any atom is 0.325 e. The molecule has 2 aromatic carbocycles. The van der Waals surface area contributed by atoms with Gasteiger partial charge in [-0.3, -0.25) is 14.5 Å². The Morgan fingerprint density at radius 1 is 1.18 bits per heavy atom. The molecule has 112 valence electrons. The van der Waals surface area contributed by atoms with E-state index in [9.17, 15) is 14.4 Å². The maximum atomic E-state index is 12.7. The minimum absolute atomic E-state index is 0.426. The summed E-state index contributed by atoms with van der Waals surface area (Å²) < 4.78 is 0. The van der Waals surface area contributed by atoms with Crippen molar-refractivity contribution in [1.29, 1.82) is 0 Å². The van der Waals surface area contributed by atoms with Crippen molar-refractivity contribution in [2.75, 3.05) is 6.54 Å². The van der Waals surface area contributed by atoms with Crippen molar-refractivity contribution in [2.24, 2.45) is 5.73 Å².